The zero-order valence-corrected chi connectivity index (χ0v) is 19.7. The van der Waals surface area contributed by atoms with Crippen molar-refractivity contribution in [3.63, 3.8) is 0 Å². The van der Waals surface area contributed by atoms with E-state index in [1.807, 2.05) is 43.4 Å². The second kappa shape index (κ2) is 10.5. The number of aromatic nitrogens is 2. The van der Waals surface area contributed by atoms with Gasteiger partial charge in [-0.25, -0.2) is 9.97 Å². The van der Waals surface area contributed by atoms with Crippen molar-refractivity contribution in [2.45, 2.75) is 6.17 Å². The number of rotatable bonds is 5. The van der Waals surface area contributed by atoms with Crippen molar-refractivity contribution in [2.75, 3.05) is 52.6 Å². The average molecular weight is 470 g/mol. The van der Waals surface area contributed by atoms with Crippen LogP contribution in [0.15, 0.2) is 42.7 Å². The molecule has 1 unspecified atom stereocenters. The molecule has 0 amide bonds. The number of benzene rings is 2. The fraction of sp³-hybridized carbons (Fsp3) is 0.348. The Labute approximate surface area is 198 Å². The number of para-hydroxylation sites is 2. The van der Waals surface area contributed by atoms with E-state index < -0.39 is 0 Å². The van der Waals surface area contributed by atoms with Crippen molar-refractivity contribution in [2.24, 2.45) is 0 Å². The number of hydrogen-bond acceptors (Lipinski definition) is 9. The fourth-order valence-corrected chi connectivity index (χ4v) is 4.04. The number of hydrogen-bond donors (Lipinski definition) is 1. The molecule has 33 heavy (non-hydrogen) atoms. The molecule has 2 aromatic carbocycles. The highest BCUT2D eigenvalue weighted by molar-refractivity contribution is 7.78. The van der Waals surface area contributed by atoms with E-state index in [-0.39, 0.29) is 6.17 Å². The Balaban J connectivity index is 0.000000238. The summed E-state index contributed by atoms with van der Waals surface area (Å²) >= 11 is 5.06. The second-order valence-corrected chi connectivity index (χ2v) is 7.58. The topological polar surface area (TPSA) is 81.2 Å². The van der Waals surface area contributed by atoms with Gasteiger partial charge in [0.1, 0.15) is 12.1 Å². The molecule has 0 aliphatic carbocycles. The molecule has 1 fully saturated rings. The van der Waals surface area contributed by atoms with Crippen LogP contribution in [0.1, 0.15) is 0 Å². The van der Waals surface area contributed by atoms with Gasteiger partial charge in [-0.1, -0.05) is 24.4 Å². The maximum Gasteiger partial charge on any atom is 0.231 e. The van der Waals surface area contributed by atoms with Gasteiger partial charge in [0.2, 0.25) is 6.79 Å². The predicted octanol–water partition coefficient (Wildman–Crippen LogP) is 2.69. The number of likely N-dealkylation sites (N-methyl/N-ethyl adjacent to an activating group) is 1. The smallest absolute Gasteiger partial charge is 0.231 e. The van der Waals surface area contributed by atoms with Crippen LogP contribution >= 0.6 is 12.2 Å². The average Bonchev–Trinajstić information content (AvgIpc) is 3.36. The zero-order valence-electron chi connectivity index (χ0n) is 18.9. The lowest BCUT2D eigenvalue weighted by Crippen LogP contribution is -2.58. The third kappa shape index (κ3) is 4.86. The largest absolute Gasteiger partial charge is 0.493 e. The lowest BCUT2D eigenvalue weighted by molar-refractivity contribution is 0.174. The van der Waals surface area contributed by atoms with Crippen molar-refractivity contribution in [3.05, 3.63) is 42.7 Å². The van der Waals surface area contributed by atoms with E-state index in [9.17, 15) is 0 Å². The third-order valence-electron chi connectivity index (χ3n) is 5.56. The molecule has 1 N–H and O–H groups in total. The van der Waals surface area contributed by atoms with Crippen LogP contribution < -0.4 is 29.2 Å². The molecule has 174 valence electrons. The fourth-order valence-electron chi connectivity index (χ4n) is 3.84. The van der Waals surface area contributed by atoms with Gasteiger partial charge in [-0.05, 0) is 25.2 Å². The van der Waals surface area contributed by atoms with Gasteiger partial charge < -0.3 is 28.7 Å². The molecule has 2 aliphatic heterocycles. The van der Waals surface area contributed by atoms with E-state index in [1.54, 1.807) is 26.0 Å². The Bertz CT molecular complexity index is 1090. The molecule has 0 bridgehead atoms. The van der Waals surface area contributed by atoms with Gasteiger partial charge >= 0.3 is 0 Å². The van der Waals surface area contributed by atoms with E-state index in [0.29, 0.717) is 18.3 Å². The first-order chi connectivity index (χ1) is 16.2. The zero-order chi connectivity index (χ0) is 23.2. The Morgan fingerprint density at radius 1 is 1.06 bits per heavy atom. The minimum Gasteiger partial charge on any atom is -0.493 e. The van der Waals surface area contributed by atoms with Crippen LogP contribution in [0.5, 0.6) is 23.0 Å². The highest BCUT2D eigenvalue weighted by Gasteiger charge is 2.27. The van der Waals surface area contributed by atoms with E-state index in [0.717, 1.165) is 47.9 Å². The monoisotopic (exact) mass is 469 g/mol. The van der Waals surface area contributed by atoms with Gasteiger partial charge in [-0.3, -0.25) is 5.32 Å². The summed E-state index contributed by atoms with van der Waals surface area (Å²) < 4.78 is 21.0. The van der Waals surface area contributed by atoms with Crippen LogP contribution in [-0.2, 0) is 0 Å². The van der Waals surface area contributed by atoms with Crippen LogP contribution in [0, 0.1) is 0 Å². The Morgan fingerprint density at radius 3 is 2.39 bits per heavy atom. The summed E-state index contributed by atoms with van der Waals surface area (Å²) in [6.07, 6.45) is 1.70. The molecule has 2 aliphatic rings. The van der Waals surface area contributed by atoms with Crippen molar-refractivity contribution < 1.29 is 18.9 Å². The molecule has 0 saturated carbocycles. The number of fused-ring (bicyclic) bond motifs is 2. The summed E-state index contributed by atoms with van der Waals surface area (Å²) in [6, 6.07) is 11.4. The molecule has 1 atom stereocenters. The summed E-state index contributed by atoms with van der Waals surface area (Å²) in [4.78, 5) is 13.3. The molecular weight excluding hydrogens is 442 g/mol. The van der Waals surface area contributed by atoms with Crippen molar-refractivity contribution >= 4 is 34.4 Å². The van der Waals surface area contributed by atoms with Crippen molar-refractivity contribution in [1.82, 2.24) is 20.2 Å². The lowest BCUT2D eigenvalue weighted by Gasteiger charge is -2.41. The maximum absolute atomic E-state index is 5.43. The van der Waals surface area contributed by atoms with Crippen molar-refractivity contribution in [1.29, 1.82) is 0 Å². The number of ether oxygens (including phenoxy) is 4. The number of anilines is 1. The van der Waals surface area contributed by atoms with Crippen LogP contribution in [0.2, 0.25) is 0 Å². The maximum atomic E-state index is 5.43. The van der Waals surface area contributed by atoms with Gasteiger partial charge in [0.05, 0.1) is 37.9 Å². The molecule has 3 heterocycles. The molecule has 5 rings (SSSR count). The van der Waals surface area contributed by atoms with Gasteiger partial charge in [0, 0.05) is 24.5 Å². The Hall–Kier alpha value is -3.37. The first-order valence-corrected chi connectivity index (χ1v) is 11.0. The number of piperazine rings is 1. The lowest BCUT2D eigenvalue weighted by atomic mass is 10.1. The Morgan fingerprint density at radius 2 is 1.76 bits per heavy atom. The second-order valence-electron chi connectivity index (χ2n) is 7.37. The van der Waals surface area contributed by atoms with Crippen LogP contribution in [0.3, 0.4) is 0 Å². The number of thiocarbonyl (C=S) groups is 1. The van der Waals surface area contributed by atoms with Crippen molar-refractivity contribution in [3.8, 4) is 23.0 Å². The quantitative estimate of drug-likeness (QED) is 0.563. The molecule has 0 spiro atoms. The molecule has 9 nitrogen and oxygen atoms in total. The van der Waals surface area contributed by atoms with Crippen LogP contribution in [0.4, 0.5) is 5.82 Å². The molecule has 0 radical (unpaired) electrons. The van der Waals surface area contributed by atoms with E-state index in [2.05, 4.69) is 25.1 Å². The molecule has 1 aromatic heterocycles. The highest BCUT2D eigenvalue weighted by Crippen LogP contribution is 2.35. The number of nitrogens with zero attached hydrogens (tertiary/aromatic N) is 4. The summed E-state index contributed by atoms with van der Waals surface area (Å²) in [5.74, 6) is 3.89. The first-order valence-electron chi connectivity index (χ1n) is 10.5. The van der Waals surface area contributed by atoms with E-state index in [1.165, 1.54) is 0 Å². The summed E-state index contributed by atoms with van der Waals surface area (Å²) in [5.41, 5.74) is 2.54. The summed E-state index contributed by atoms with van der Waals surface area (Å²) in [7, 11) is 5.19. The van der Waals surface area contributed by atoms with Crippen LogP contribution in [0.25, 0.3) is 10.9 Å². The summed E-state index contributed by atoms with van der Waals surface area (Å²) in [6.45, 7) is 2.84. The number of methoxy groups -OCH3 is 2. The summed E-state index contributed by atoms with van der Waals surface area (Å²) in [5, 5.41) is 4.27. The minimum atomic E-state index is 0.115. The van der Waals surface area contributed by atoms with Crippen LogP contribution in [-0.4, -0.2) is 74.2 Å². The first kappa shape index (κ1) is 22.8. The SMILES string of the molecule is CNC1CN(C=S)CCN1c1ncnc2cc(OC)c(OC)cc12.c1ccc2c(c1)OCO2. The molecule has 1 saturated heterocycles. The van der Waals surface area contributed by atoms with E-state index in [4.69, 9.17) is 31.2 Å². The molecule has 10 heteroatoms. The van der Waals surface area contributed by atoms with E-state index >= 15 is 0 Å². The van der Waals surface area contributed by atoms with Gasteiger partial charge in [-0.15, -0.1) is 0 Å². The van der Waals surface area contributed by atoms with Gasteiger partial charge in [0.15, 0.2) is 23.0 Å². The highest BCUT2D eigenvalue weighted by atomic mass is 32.1. The molecule has 3 aromatic rings. The number of nitrogens with one attached hydrogen (secondary N) is 1. The predicted molar refractivity (Wildman–Crippen MR) is 131 cm³/mol. The third-order valence-corrected chi connectivity index (χ3v) is 5.86. The standard InChI is InChI=1S/C16H21N5O2S.C7H6O2/c1-17-15-8-20(10-24)4-5-21(15)16-11-6-13(22-2)14(23-3)7-12(11)18-9-19-16;1-2-4-7-6(3-1)8-5-9-7/h6-7,9-10,15,17H,4-5,8H2,1-3H3;1-4H,5H2. The van der Waals surface area contributed by atoms with Gasteiger partial charge in [-0.2, -0.15) is 0 Å². The normalized spacial score (nSPS) is 16.8. The minimum absolute atomic E-state index is 0.115. The molecular formula is C23H27N5O4S. The Kier molecular flexibility index (Phi) is 7.26. The van der Waals surface area contributed by atoms with Gasteiger partial charge in [0.25, 0.3) is 0 Å².